The van der Waals surface area contributed by atoms with E-state index in [0.29, 0.717) is 5.69 Å². The van der Waals surface area contributed by atoms with Crippen molar-refractivity contribution >= 4 is 11.5 Å². The Morgan fingerprint density at radius 1 is 1.47 bits per heavy atom. The second-order valence-corrected chi connectivity index (χ2v) is 3.01. The van der Waals surface area contributed by atoms with E-state index >= 15 is 0 Å². The molecule has 15 heavy (non-hydrogen) atoms. The van der Waals surface area contributed by atoms with E-state index in [-0.39, 0.29) is 11.4 Å². The Morgan fingerprint density at radius 3 is 2.93 bits per heavy atom. The van der Waals surface area contributed by atoms with Crippen LogP contribution in [0.15, 0.2) is 30.6 Å². The van der Waals surface area contributed by atoms with Gasteiger partial charge in [0.15, 0.2) is 5.82 Å². The maximum atomic E-state index is 13.3. The standard InChI is InChI=1S/C10H8FN3O/c11-8-2-1-6(12)5-7(8)9(15)10-13-3-4-14-10/h1-5H,12H2,(H,13,14). The number of ketones is 1. The number of nitrogens with two attached hydrogens (primary N) is 1. The molecule has 0 radical (unpaired) electrons. The molecule has 76 valence electrons. The van der Waals surface area contributed by atoms with Gasteiger partial charge in [-0.2, -0.15) is 0 Å². The van der Waals surface area contributed by atoms with Crippen LogP contribution in [0.3, 0.4) is 0 Å². The zero-order valence-electron chi connectivity index (χ0n) is 7.70. The number of rotatable bonds is 2. The van der Waals surface area contributed by atoms with Crippen molar-refractivity contribution in [1.82, 2.24) is 9.97 Å². The predicted octanol–water partition coefficient (Wildman–Crippen LogP) is 1.36. The average Bonchev–Trinajstić information content (AvgIpc) is 2.74. The molecule has 0 bridgehead atoms. The fourth-order valence-corrected chi connectivity index (χ4v) is 1.23. The van der Waals surface area contributed by atoms with Crippen LogP contribution in [-0.4, -0.2) is 15.8 Å². The number of halogens is 1. The second kappa shape index (κ2) is 3.53. The lowest BCUT2D eigenvalue weighted by atomic mass is 10.1. The molecule has 0 aliphatic carbocycles. The van der Waals surface area contributed by atoms with Gasteiger partial charge in [0.25, 0.3) is 0 Å². The summed E-state index contributed by atoms with van der Waals surface area (Å²) in [5.41, 5.74) is 5.73. The van der Waals surface area contributed by atoms with Gasteiger partial charge in [-0.3, -0.25) is 4.79 Å². The molecule has 0 spiro atoms. The number of hydrogen-bond acceptors (Lipinski definition) is 3. The number of anilines is 1. The van der Waals surface area contributed by atoms with Gasteiger partial charge < -0.3 is 10.7 Å². The quantitative estimate of drug-likeness (QED) is 0.574. The molecular formula is C10H8FN3O. The maximum Gasteiger partial charge on any atom is 0.231 e. The maximum absolute atomic E-state index is 13.3. The van der Waals surface area contributed by atoms with Crippen LogP contribution >= 0.6 is 0 Å². The van der Waals surface area contributed by atoms with Gasteiger partial charge in [-0.15, -0.1) is 0 Å². The summed E-state index contributed by atoms with van der Waals surface area (Å²) in [5, 5.41) is 0. The summed E-state index contributed by atoms with van der Waals surface area (Å²) in [5.74, 6) is -1.02. The first-order chi connectivity index (χ1) is 7.18. The molecular weight excluding hydrogens is 197 g/mol. The van der Waals surface area contributed by atoms with Crippen molar-refractivity contribution in [3.8, 4) is 0 Å². The van der Waals surface area contributed by atoms with Crippen molar-refractivity contribution in [2.75, 3.05) is 5.73 Å². The first-order valence-corrected chi connectivity index (χ1v) is 4.27. The topological polar surface area (TPSA) is 71.8 Å². The molecule has 3 N–H and O–H groups in total. The molecule has 5 heteroatoms. The summed E-state index contributed by atoms with van der Waals surface area (Å²) in [6.45, 7) is 0. The molecule has 0 saturated heterocycles. The molecule has 1 aromatic heterocycles. The van der Waals surface area contributed by atoms with Crippen molar-refractivity contribution < 1.29 is 9.18 Å². The van der Waals surface area contributed by atoms with Gasteiger partial charge in [0, 0.05) is 18.1 Å². The SMILES string of the molecule is Nc1ccc(F)c(C(=O)c2ncc[nH]2)c1. The lowest BCUT2D eigenvalue weighted by Gasteiger charge is -2.01. The Morgan fingerprint density at radius 2 is 2.27 bits per heavy atom. The highest BCUT2D eigenvalue weighted by atomic mass is 19.1. The monoisotopic (exact) mass is 205 g/mol. The fourth-order valence-electron chi connectivity index (χ4n) is 1.23. The number of carbonyl (C=O) groups is 1. The van der Waals surface area contributed by atoms with Crippen LogP contribution in [0, 0.1) is 5.82 Å². The summed E-state index contributed by atoms with van der Waals surface area (Å²) in [6.07, 6.45) is 2.93. The Bertz CT molecular complexity index is 493. The van der Waals surface area contributed by atoms with Gasteiger partial charge in [0.2, 0.25) is 5.78 Å². The lowest BCUT2D eigenvalue weighted by Crippen LogP contribution is -2.07. The van der Waals surface area contributed by atoms with Crippen LogP contribution in [0.2, 0.25) is 0 Å². The van der Waals surface area contributed by atoms with Crippen molar-refractivity contribution in [2.24, 2.45) is 0 Å². The van der Waals surface area contributed by atoms with Gasteiger partial charge in [-0.1, -0.05) is 0 Å². The third-order valence-electron chi connectivity index (χ3n) is 1.95. The summed E-state index contributed by atoms with van der Waals surface area (Å²) >= 11 is 0. The third kappa shape index (κ3) is 1.71. The minimum Gasteiger partial charge on any atom is -0.399 e. The number of nitrogens with zero attached hydrogens (tertiary/aromatic N) is 1. The molecule has 0 amide bonds. The number of H-pyrrole nitrogens is 1. The highest BCUT2D eigenvalue weighted by Crippen LogP contribution is 2.14. The number of hydrogen-bond donors (Lipinski definition) is 2. The zero-order chi connectivity index (χ0) is 10.8. The smallest absolute Gasteiger partial charge is 0.231 e. The third-order valence-corrected chi connectivity index (χ3v) is 1.95. The molecule has 2 rings (SSSR count). The number of nitrogens with one attached hydrogen (secondary N) is 1. The van der Waals surface area contributed by atoms with Crippen molar-refractivity contribution in [2.45, 2.75) is 0 Å². The molecule has 0 aliphatic rings. The van der Waals surface area contributed by atoms with Gasteiger partial charge in [-0.25, -0.2) is 9.37 Å². The van der Waals surface area contributed by atoms with Crippen LogP contribution in [0.25, 0.3) is 0 Å². The Labute approximate surface area is 84.9 Å². The molecule has 2 aromatic rings. The Kier molecular flexibility index (Phi) is 2.21. The summed E-state index contributed by atoms with van der Waals surface area (Å²) in [6, 6.07) is 3.85. The van der Waals surface area contributed by atoms with E-state index in [2.05, 4.69) is 9.97 Å². The van der Waals surface area contributed by atoms with Crippen molar-refractivity contribution in [3.63, 3.8) is 0 Å². The molecule has 1 heterocycles. The minimum absolute atomic E-state index is 0.0787. The molecule has 4 nitrogen and oxygen atoms in total. The van der Waals surface area contributed by atoms with Gasteiger partial charge >= 0.3 is 0 Å². The first-order valence-electron chi connectivity index (χ1n) is 4.27. The number of benzene rings is 1. The predicted molar refractivity (Wildman–Crippen MR) is 52.8 cm³/mol. The number of aromatic amines is 1. The van der Waals surface area contributed by atoms with Crippen LogP contribution in [0.5, 0.6) is 0 Å². The summed E-state index contributed by atoms with van der Waals surface area (Å²) in [4.78, 5) is 18.1. The normalized spacial score (nSPS) is 10.2. The Balaban J connectivity index is 2.46. The van der Waals surface area contributed by atoms with Gasteiger partial charge in [-0.05, 0) is 18.2 Å². The van der Waals surface area contributed by atoms with E-state index < -0.39 is 11.6 Å². The van der Waals surface area contributed by atoms with E-state index in [1.165, 1.54) is 24.5 Å². The van der Waals surface area contributed by atoms with Crippen LogP contribution in [0.1, 0.15) is 16.2 Å². The van der Waals surface area contributed by atoms with Crippen molar-refractivity contribution in [1.29, 1.82) is 0 Å². The number of imidazole rings is 1. The van der Waals surface area contributed by atoms with Crippen LogP contribution < -0.4 is 5.73 Å². The molecule has 0 atom stereocenters. The number of carbonyl (C=O) groups excluding carboxylic acids is 1. The average molecular weight is 205 g/mol. The fraction of sp³-hybridized carbons (Fsp3) is 0. The largest absolute Gasteiger partial charge is 0.399 e. The van der Waals surface area contributed by atoms with Crippen LogP contribution in [-0.2, 0) is 0 Å². The first kappa shape index (κ1) is 9.39. The molecule has 0 unspecified atom stereocenters. The molecule has 0 fully saturated rings. The second-order valence-electron chi connectivity index (χ2n) is 3.01. The highest BCUT2D eigenvalue weighted by molar-refractivity contribution is 6.07. The van der Waals surface area contributed by atoms with E-state index in [4.69, 9.17) is 5.73 Å². The molecule has 0 aliphatic heterocycles. The molecule has 1 aromatic carbocycles. The summed E-state index contributed by atoms with van der Waals surface area (Å²) < 4.78 is 13.3. The molecule has 0 saturated carbocycles. The highest BCUT2D eigenvalue weighted by Gasteiger charge is 2.15. The number of nitrogen functional groups attached to an aromatic ring is 1. The minimum atomic E-state index is -0.606. The summed E-state index contributed by atoms with van der Waals surface area (Å²) in [7, 11) is 0. The van der Waals surface area contributed by atoms with E-state index in [9.17, 15) is 9.18 Å². The number of aromatic nitrogens is 2. The van der Waals surface area contributed by atoms with Gasteiger partial charge in [0.1, 0.15) is 5.82 Å². The van der Waals surface area contributed by atoms with E-state index in [1.54, 1.807) is 0 Å². The van der Waals surface area contributed by atoms with Crippen molar-refractivity contribution in [3.05, 3.63) is 47.8 Å². The van der Waals surface area contributed by atoms with E-state index in [1.807, 2.05) is 0 Å². The van der Waals surface area contributed by atoms with Crippen LogP contribution in [0.4, 0.5) is 10.1 Å². The Hall–Kier alpha value is -2.17. The zero-order valence-corrected chi connectivity index (χ0v) is 7.70. The van der Waals surface area contributed by atoms with E-state index in [0.717, 1.165) is 6.07 Å². The lowest BCUT2D eigenvalue weighted by molar-refractivity contribution is 0.102. The van der Waals surface area contributed by atoms with Gasteiger partial charge in [0.05, 0.1) is 5.56 Å².